The molecule has 7 N–H and O–H groups in total. The maximum Gasteiger partial charge on any atom is 0.326 e. The van der Waals surface area contributed by atoms with Crippen LogP contribution in [0.2, 0.25) is 0 Å². The Morgan fingerprint density at radius 3 is 1.34 bits per heavy atom. The number of carbonyl (C=O) groups excluding carboxylic acids is 2. The van der Waals surface area contributed by atoms with Crippen molar-refractivity contribution in [1.29, 1.82) is 0 Å². The quantitative estimate of drug-likeness (QED) is 0.194. The first-order valence-corrected chi connectivity index (χ1v) is 7.94. The number of hydrogen-bond acceptors (Lipinski definition) is 8. The van der Waals surface area contributed by atoms with Gasteiger partial charge in [0.1, 0.15) is 12.1 Å². The lowest BCUT2D eigenvalue weighted by Crippen LogP contribution is -2.44. The van der Waals surface area contributed by atoms with Crippen LogP contribution in [0.15, 0.2) is 0 Å². The van der Waals surface area contributed by atoms with Gasteiger partial charge in [-0.15, -0.1) is 10.2 Å². The van der Waals surface area contributed by atoms with Gasteiger partial charge in [-0.05, 0) is 12.8 Å². The fourth-order valence-corrected chi connectivity index (χ4v) is 2.05. The minimum absolute atomic E-state index is 0.438. The number of H-pyrrole nitrogens is 1. The van der Waals surface area contributed by atoms with Crippen molar-refractivity contribution in [2.24, 2.45) is 0 Å². The zero-order valence-electron chi connectivity index (χ0n) is 14.6. The van der Waals surface area contributed by atoms with Crippen LogP contribution in [-0.2, 0) is 19.2 Å². The SMILES string of the molecule is O=C(O)CCC(NC(=O)c1n[nH]nc1C(=O)NC(CCC(=O)O)C(=O)O)C(=O)O. The van der Waals surface area contributed by atoms with Gasteiger partial charge in [0.05, 0.1) is 0 Å². The lowest BCUT2D eigenvalue weighted by molar-refractivity contribution is -0.142. The molecule has 29 heavy (non-hydrogen) atoms. The Morgan fingerprint density at radius 1 is 0.724 bits per heavy atom. The van der Waals surface area contributed by atoms with E-state index in [1.807, 2.05) is 15.8 Å². The van der Waals surface area contributed by atoms with E-state index in [1.165, 1.54) is 0 Å². The molecule has 1 aromatic rings. The summed E-state index contributed by atoms with van der Waals surface area (Å²) in [5, 5.41) is 48.1. The molecule has 0 aliphatic rings. The Bertz CT molecular complexity index is 755. The molecule has 2 unspecified atom stereocenters. The topological polar surface area (TPSA) is 249 Å². The fourth-order valence-electron chi connectivity index (χ4n) is 2.05. The Hall–Kier alpha value is -4.04. The molecule has 1 aromatic heterocycles. The van der Waals surface area contributed by atoms with E-state index in [0.717, 1.165) is 0 Å². The summed E-state index contributed by atoms with van der Waals surface area (Å²) < 4.78 is 0. The molecule has 0 radical (unpaired) electrons. The van der Waals surface area contributed by atoms with Gasteiger partial charge in [-0.1, -0.05) is 0 Å². The van der Waals surface area contributed by atoms with E-state index >= 15 is 0 Å². The van der Waals surface area contributed by atoms with Crippen molar-refractivity contribution in [2.45, 2.75) is 37.8 Å². The standard InChI is InChI=1S/C14H17N5O10/c20-7(21)3-1-5(13(26)27)15-11(24)9-10(18-19-17-9)12(25)16-6(14(28)29)2-4-8(22)23/h5-6H,1-4H2,(H,15,24)(H,16,25)(H,20,21)(H,22,23)(H,26,27)(H,28,29)(H,17,18,19). The molecule has 1 rings (SSSR count). The average Bonchev–Trinajstić information content (AvgIpc) is 3.10. The first-order chi connectivity index (χ1) is 13.5. The number of carbonyl (C=O) groups is 6. The average molecular weight is 415 g/mol. The van der Waals surface area contributed by atoms with E-state index in [1.54, 1.807) is 0 Å². The molecule has 1 heterocycles. The largest absolute Gasteiger partial charge is 0.481 e. The normalized spacial score (nSPS) is 12.4. The van der Waals surface area contributed by atoms with Gasteiger partial charge in [-0.3, -0.25) is 19.2 Å². The van der Waals surface area contributed by atoms with Crippen LogP contribution < -0.4 is 10.6 Å². The van der Waals surface area contributed by atoms with Crippen molar-refractivity contribution in [2.75, 3.05) is 0 Å². The lowest BCUT2D eigenvalue weighted by Gasteiger charge is -2.14. The first kappa shape index (κ1) is 23.0. The maximum absolute atomic E-state index is 12.2. The summed E-state index contributed by atoms with van der Waals surface area (Å²) in [5.41, 5.74) is -1.32. The molecule has 0 aliphatic carbocycles. The van der Waals surface area contributed by atoms with Gasteiger partial charge in [-0.25, -0.2) is 9.59 Å². The van der Waals surface area contributed by atoms with Crippen molar-refractivity contribution in [3.05, 3.63) is 11.4 Å². The van der Waals surface area contributed by atoms with E-state index in [9.17, 15) is 28.8 Å². The van der Waals surface area contributed by atoms with E-state index < -0.39 is 84.8 Å². The van der Waals surface area contributed by atoms with Gasteiger partial charge < -0.3 is 31.1 Å². The summed E-state index contributed by atoms with van der Waals surface area (Å²) in [7, 11) is 0. The summed E-state index contributed by atoms with van der Waals surface area (Å²) in [6, 6.07) is -3.18. The Kier molecular flexibility index (Phi) is 8.20. The molecule has 0 fully saturated rings. The molecule has 2 atom stereocenters. The summed E-state index contributed by atoms with van der Waals surface area (Å²) in [6.07, 6.45) is -1.97. The van der Waals surface area contributed by atoms with E-state index in [4.69, 9.17) is 20.4 Å². The lowest BCUT2D eigenvalue weighted by atomic mass is 10.1. The minimum Gasteiger partial charge on any atom is -0.481 e. The zero-order valence-corrected chi connectivity index (χ0v) is 14.6. The first-order valence-electron chi connectivity index (χ1n) is 7.94. The highest BCUT2D eigenvalue weighted by molar-refractivity contribution is 6.06. The number of aromatic amines is 1. The van der Waals surface area contributed by atoms with Crippen molar-refractivity contribution < 1.29 is 49.2 Å². The molecule has 0 bridgehead atoms. The molecule has 2 amide bonds. The third-order valence-corrected chi connectivity index (χ3v) is 3.48. The Labute approximate surface area is 161 Å². The van der Waals surface area contributed by atoms with Crippen molar-refractivity contribution >= 4 is 35.7 Å². The van der Waals surface area contributed by atoms with Crippen LogP contribution in [0.5, 0.6) is 0 Å². The highest BCUT2D eigenvalue weighted by Crippen LogP contribution is 2.06. The van der Waals surface area contributed by atoms with E-state index in [2.05, 4.69) is 10.2 Å². The highest BCUT2D eigenvalue weighted by atomic mass is 16.4. The van der Waals surface area contributed by atoms with Crippen molar-refractivity contribution in [3.8, 4) is 0 Å². The molecule has 0 aliphatic heterocycles. The van der Waals surface area contributed by atoms with Crippen molar-refractivity contribution in [1.82, 2.24) is 26.0 Å². The van der Waals surface area contributed by atoms with Crippen LogP contribution in [-0.4, -0.2) is 83.6 Å². The summed E-state index contributed by atoms with van der Waals surface area (Å²) in [5.74, 6) is -7.94. The molecular weight excluding hydrogens is 398 g/mol. The predicted molar refractivity (Wildman–Crippen MR) is 87.9 cm³/mol. The molecule has 0 aromatic carbocycles. The second kappa shape index (κ2) is 10.3. The van der Waals surface area contributed by atoms with Gasteiger partial charge in [0, 0.05) is 12.8 Å². The molecular formula is C14H17N5O10. The number of hydrogen-bond donors (Lipinski definition) is 7. The van der Waals surface area contributed by atoms with Gasteiger partial charge in [-0.2, -0.15) is 5.21 Å². The van der Waals surface area contributed by atoms with Crippen LogP contribution in [0.3, 0.4) is 0 Å². The molecule has 0 saturated carbocycles. The maximum atomic E-state index is 12.2. The molecule has 15 heteroatoms. The van der Waals surface area contributed by atoms with Gasteiger partial charge in [0.2, 0.25) is 0 Å². The third-order valence-electron chi connectivity index (χ3n) is 3.48. The summed E-state index contributed by atoms with van der Waals surface area (Å²) in [4.78, 5) is 67.8. The molecule has 15 nitrogen and oxygen atoms in total. The Balaban J connectivity index is 2.90. The van der Waals surface area contributed by atoms with Gasteiger partial charge >= 0.3 is 23.9 Å². The second-order valence-electron chi connectivity index (χ2n) is 5.61. The van der Waals surface area contributed by atoms with Crippen molar-refractivity contribution in [3.63, 3.8) is 0 Å². The molecule has 158 valence electrons. The number of rotatable bonds is 12. The van der Waals surface area contributed by atoms with Crippen LogP contribution in [0.4, 0.5) is 0 Å². The number of aromatic nitrogens is 3. The molecule has 0 saturated heterocycles. The van der Waals surface area contributed by atoms with Gasteiger partial charge in [0.25, 0.3) is 11.8 Å². The summed E-state index contributed by atoms with van der Waals surface area (Å²) >= 11 is 0. The number of carboxylic acids is 4. The Morgan fingerprint density at radius 2 is 1.07 bits per heavy atom. The number of nitrogens with one attached hydrogen (secondary N) is 3. The minimum atomic E-state index is -1.59. The van der Waals surface area contributed by atoms with Gasteiger partial charge in [0.15, 0.2) is 11.4 Å². The number of aliphatic carboxylic acids is 4. The predicted octanol–water partition coefficient (Wildman–Crippen LogP) is -2.10. The monoisotopic (exact) mass is 415 g/mol. The highest BCUT2D eigenvalue weighted by Gasteiger charge is 2.29. The number of carboxylic acid groups (broad SMARTS) is 4. The van der Waals surface area contributed by atoms with Crippen LogP contribution >= 0.6 is 0 Å². The number of amides is 2. The van der Waals surface area contributed by atoms with Crippen LogP contribution in [0, 0.1) is 0 Å². The smallest absolute Gasteiger partial charge is 0.326 e. The second-order valence-corrected chi connectivity index (χ2v) is 5.61. The number of nitrogens with zero attached hydrogens (tertiary/aromatic N) is 2. The van der Waals surface area contributed by atoms with Crippen LogP contribution in [0.25, 0.3) is 0 Å². The summed E-state index contributed by atoms with van der Waals surface area (Å²) in [6.45, 7) is 0. The molecule has 0 spiro atoms. The zero-order chi connectivity index (χ0) is 22.1. The van der Waals surface area contributed by atoms with Crippen LogP contribution in [0.1, 0.15) is 46.7 Å². The van der Waals surface area contributed by atoms with E-state index in [-0.39, 0.29) is 0 Å². The fraction of sp³-hybridized carbons (Fsp3) is 0.429. The third kappa shape index (κ3) is 7.24. The van der Waals surface area contributed by atoms with E-state index in [0.29, 0.717) is 0 Å².